The maximum Gasteiger partial charge on any atom is 0.276 e. The van der Waals surface area contributed by atoms with Gasteiger partial charge in [-0.1, -0.05) is 17.2 Å². The van der Waals surface area contributed by atoms with Gasteiger partial charge in [-0.2, -0.15) is 0 Å². The molecule has 0 amide bonds. The fraction of sp³-hybridized carbons (Fsp3) is 0.400. The van der Waals surface area contributed by atoms with Gasteiger partial charge in [-0.25, -0.2) is 8.42 Å². The minimum atomic E-state index is -3.59. The number of carbonyl (C=O) groups excluding carboxylic acids is 1. The number of nitrogens with one attached hydrogen (secondary N) is 1. The predicted molar refractivity (Wildman–Crippen MR) is 113 cm³/mol. The lowest BCUT2D eigenvalue weighted by Crippen LogP contribution is -2.21. The van der Waals surface area contributed by atoms with Crippen molar-refractivity contribution in [2.45, 2.75) is 31.1 Å². The zero-order valence-corrected chi connectivity index (χ0v) is 18.2. The standard InChI is InChI=1S/C20H22N4O6S/c1-4-11-12(5-6-15(31(3,27)28)16(11)13-7-9-29-22-13)19(25)17-18(14-8-10-30-23-14)24(2)21-20(17)26/h5-6H,4,7-10H2,1-3H3,(H,21,26). The van der Waals surface area contributed by atoms with Crippen molar-refractivity contribution < 1.29 is 22.9 Å². The third-order valence-corrected chi connectivity index (χ3v) is 6.48. The Kier molecular flexibility index (Phi) is 5.29. The Morgan fingerprint density at radius 3 is 2.35 bits per heavy atom. The number of benzene rings is 1. The molecule has 4 rings (SSSR count). The topological polar surface area (TPSA) is 132 Å². The van der Waals surface area contributed by atoms with Gasteiger partial charge >= 0.3 is 0 Å². The summed E-state index contributed by atoms with van der Waals surface area (Å²) in [4.78, 5) is 36.5. The first-order valence-electron chi connectivity index (χ1n) is 9.82. The number of hydrogen-bond acceptors (Lipinski definition) is 8. The molecule has 1 aromatic carbocycles. The quantitative estimate of drug-likeness (QED) is 0.662. The lowest BCUT2D eigenvalue weighted by molar-refractivity contribution is 0.103. The molecule has 0 radical (unpaired) electrons. The summed E-state index contributed by atoms with van der Waals surface area (Å²) in [6.45, 7) is 2.53. The van der Waals surface area contributed by atoms with Crippen LogP contribution in [0.5, 0.6) is 0 Å². The molecule has 0 spiro atoms. The monoisotopic (exact) mass is 446 g/mol. The summed E-state index contributed by atoms with van der Waals surface area (Å²) in [6.07, 6.45) is 2.38. The summed E-state index contributed by atoms with van der Waals surface area (Å²) in [6, 6.07) is 2.85. The Bertz CT molecular complexity index is 1300. The van der Waals surface area contributed by atoms with E-state index < -0.39 is 21.2 Å². The van der Waals surface area contributed by atoms with Crippen LogP contribution < -0.4 is 5.56 Å². The van der Waals surface area contributed by atoms with Crippen LogP contribution >= 0.6 is 0 Å². The molecular weight excluding hydrogens is 424 g/mol. The number of H-pyrrole nitrogens is 1. The van der Waals surface area contributed by atoms with E-state index in [0.717, 1.165) is 6.26 Å². The molecule has 11 heteroatoms. The van der Waals surface area contributed by atoms with E-state index in [9.17, 15) is 18.0 Å². The van der Waals surface area contributed by atoms with Crippen LogP contribution in [0.2, 0.25) is 0 Å². The normalized spacial score (nSPS) is 16.0. The third kappa shape index (κ3) is 3.58. The molecular formula is C20H22N4O6S. The van der Waals surface area contributed by atoms with Crippen LogP contribution in [0, 0.1) is 0 Å². The van der Waals surface area contributed by atoms with Crippen molar-refractivity contribution in [2.24, 2.45) is 17.4 Å². The van der Waals surface area contributed by atoms with E-state index in [1.165, 1.54) is 16.8 Å². The van der Waals surface area contributed by atoms with Crippen molar-refractivity contribution in [3.63, 3.8) is 0 Å². The summed E-state index contributed by atoms with van der Waals surface area (Å²) in [5.74, 6) is -0.510. The first-order valence-corrected chi connectivity index (χ1v) is 11.7. The fourth-order valence-electron chi connectivity index (χ4n) is 4.01. The van der Waals surface area contributed by atoms with E-state index in [0.29, 0.717) is 60.7 Å². The number of rotatable bonds is 6. The average Bonchev–Trinajstić information content (AvgIpc) is 3.47. The number of aryl methyl sites for hydroxylation is 1. The number of oxime groups is 2. The van der Waals surface area contributed by atoms with Crippen molar-refractivity contribution >= 4 is 27.0 Å². The van der Waals surface area contributed by atoms with Gasteiger partial charge in [0.05, 0.1) is 16.3 Å². The number of ketones is 1. The molecule has 0 bridgehead atoms. The van der Waals surface area contributed by atoms with Crippen LogP contribution in [0.4, 0.5) is 0 Å². The molecule has 2 aromatic rings. The van der Waals surface area contributed by atoms with Crippen molar-refractivity contribution in [2.75, 3.05) is 19.5 Å². The molecule has 1 N–H and O–H groups in total. The lowest BCUT2D eigenvalue weighted by Gasteiger charge is -2.16. The second kappa shape index (κ2) is 7.80. The van der Waals surface area contributed by atoms with Crippen molar-refractivity contribution in [1.29, 1.82) is 0 Å². The van der Waals surface area contributed by atoms with E-state index in [2.05, 4.69) is 15.4 Å². The highest BCUT2D eigenvalue weighted by atomic mass is 32.2. The molecule has 0 aliphatic carbocycles. The zero-order valence-electron chi connectivity index (χ0n) is 17.4. The summed E-state index contributed by atoms with van der Waals surface area (Å²) in [7, 11) is -1.97. The molecule has 164 valence electrons. The molecule has 0 fully saturated rings. The van der Waals surface area contributed by atoms with Crippen LogP contribution in [0.3, 0.4) is 0 Å². The highest BCUT2D eigenvalue weighted by Gasteiger charge is 2.31. The summed E-state index contributed by atoms with van der Waals surface area (Å²) >= 11 is 0. The number of carbonyl (C=O) groups is 1. The number of hydrogen-bond donors (Lipinski definition) is 1. The molecule has 0 atom stereocenters. The lowest BCUT2D eigenvalue weighted by atomic mass is 9.90. The maximum absolute atomic E-state index is 13.6. The van der Waals surface area contributed by atoms with Gasteiger partial charge in [-0.15, -0.1) is 0 Å². The zero-order chi connectivity index (χ0) is 22.3. The number of sulfone groups is 1. The molecule has 3 heterocycles. The molecule has 1 aromatic heterocycles. The van der Waals surface area contributed by atoms with Crippen LogP contribution in [0.25, 0.3) is 0 Å². The highest BCUT2D eigenvalue weighted by Crippen LogP contribution is 2.29. The molecule has 0 saturated carbocycles. The predicted octanol–water partition coefficient (Wildman–Crippen LogP) is 1.16. The largest absolute Gasteiger partial charge is 0.395 e. The highest BCUT2D eigenvalue weighted by molar-refractivity contribution is 7.90. The van der Waals surface area contributed by atoms with Crippen molar-refractivity contribution in [3.8, 4) is 0 Å². The van der Waals surface area contributed by atoms with Gasteiger partial charge in [0.1, 0.15) is 24.5 Å². The molecule has 31 heavy (non-hydrogen) atoms. The Morgan fingerprint density at radius 2 is 1.81 bits per heavy atom. The molecule has 0 unspecified atom stereocenters. The third-order valence-electron chi connectivity index (χ3n) is 5.34. The second-order valence-corrected chi connectivity index (χ2v) is 9.37. The Morgan fingerprint density at radius 1 is 1.16 bits per heavy atom. The van der Waals surface area contributed by atoms with Crippen LogP contribution in [0.15, 0.2) is 32.1 Å². The summed E-state index contributed by atoms with van der Waals surface area (Å²) < 4.78 is 26.3. The number of nitrogens with zero attached hydrogens (tertiary/aromatic N) is 3. The first-order chi connectivity index (χ1) is 14.7. The van der Waals surface area contributed by atoms with E-state index in [-0.39, 0.29) is 16.0 Å². The van der Waals surface area contributed by atoms with Crippen LogP contribution in [0.1, 0.15) is 52.5 Å². The van der Waals surface area contributed by atoms with E-state index in [1.54, 1.807) is 7.05 Å². The van der Waals surface area contributed by atoms with Crippen molar-refractivity contribution in [1.82, 2.24) is 9.78 Å². The van der Waals surface area contributed by atoms with Crippen LogP contribution in [-0.2, 0) is 33.0 Å². The van der Waals surface area contributed by atoms with Crippen LogP contribution in [-0.4, -0.2) is 54.9 Å². The average molecular weight is 446 g/mol. The van der Waals surface area contributed by atoms with Gasteiger partial charge in [-0.3, -0.25) is 19.4 Å². The summed E-state index contributed by atoms with van der Waals surface area (Å²) in [5, 5.41) is 10.6. The van der Waals surface area contributed by atoms with Gasteiger partial charge in [0.15, 0.2) is 9.84 Å². The molecule has 0 saturated heterocycles. The van der Waals surface area contributed by atoms with E-state index in [1.807, 2.05) is 6.92 Å². The maximum atomic E-state index is 13.6. The van der Waals surface area contributed by atoms with Gasteiger partial charge in [0.2, 0.25) is 5.78 Å². The Labute approximate surface area is 178 Å². The number of aromatic amines is 1. The van der Waals surface area contributed by atoms with E-state index >= 15 is 0 Å². The van der Waals surface area contributed by atoms with Crippen molar-refractivity contribution in [3.05, 3.63) is 50.4 Å². The second-order valence-electron chi connectivity index (χ2n) is 7.39. The van der Waals surface area contributed by atoms with Gasteiger partial charge < -0.3 is 9.68 Å². The number of aromatic nitrogens is 2. The first kappa shape index (κ1) is 21.0. The van der Waals surface area contributed by atoms with Gasteiger partial charge in [0, 0.05) is 37.3 Å². The van der Waals surface area contributed by atoms with Gasteiger partial charge in [0.25, 0.3) is 5.56 Å². The molecule has 10 nitrogen and oxygen atoms in total. The smallest absolute Gasteiger partial charge is 0.276 e. The fourth-order valence-corrected chi connectivity index (χ4v) is 4.94. The Hall–Kier alpha value is -3.21. The molecule has 2 aliphatic heterocycles. The Balaban J connectivity index is 1.95. The SMILES string of the molecule is CCc1c(C(=O)c2c(C3=NOCC3)n(C)[nH]c2=O)ccc(S(C)(=O)=O)c1C1=NOCC1. The van der Waals surface area contributed by atoms with E-state index in [4.69, 9.17) is 9.68 Å². The van der Waals surface area contributed by atoms with Gasteiger partial charge in [-0.05, 0) is 24.1 Å². The minimum absolute atomic E-state index is 0.0517. The molecule has 2 aliphatic rings. The summed E-state index contributed by atoms with van der Waals surface area (Å²) in [5.41, 5.74) is 1.88. The minimum Gasteiger partial charge on any atom is -0.395 e.